The number of carbonyl (C=O) groups is 3. The fourth-order valence-corrected chi connectivity index (χ4v) is 2.30. The molecule has 0 radical (unpaired) electrons. The van der Waals surface area contributed by atoms with Gasteiger partial charge in [-0.15, -0.1) is 0 Å². The first-order chi connectivity index (χ1) is 12.7. The predicted octanol–water partition coefficient (Wildman–Crippen LogP) is 3.36. The molecule has 0 heterocycles. The van der Waals surface area contributed by atoms with E-state index in [1.165, 1.54) is 25.1 Å². The molecule has 1 rings (SSSR count). The van der Waals surface area contributed by atoms with Gasteiger partial charge in [-0.2, -0.15) is 0 Å². The highest BCUT2D eigenvalue weighted by atomic mass is 35.5. The molecule has 0 amide bonds. The number of carbonyl (C=O) groups excluding carboxylic acids is 3. The van der Waals surface area contributed by atoms with Crippen molar-refractivity contribution in [2.24, 2.45) is 0 Å². The van der Waals surface area contributed by atoms with Crippen LogP contribution in [0.1, 0.15) is 20.8 Å². The third-order valence-electron chi connectivity index (χ3n) is 3.09. The Morgan fingerprint density at radius 1 is 1.15 bits per heavy atom. The van der Waals surface area contributed by atoms with E-state index in [9.17, 15) is 14.4 Å². The molecular weight excluding hydrogens is 399 g/mol. The Morgan fingerprint density at radius 3 is 2.44 bits per heavy atom. The lowest BCUT2D eigenvalue weighted by Crippen LogP contribution is -2.32. The Labute approximate surface area is 167 Å². The highest BCUT2D eigenvalue weighted by molar-refractivity contribution is 6.35. The first-order valence-electron chi connectivity index (χ1n) is 7.98. The van der Waals surface area contributed by atoms with Gasteiger partial charge in [-0.3, -0.25) is 4.79 Å². The summed E-state index contributed by atoms with van der Waals surface area (Å²) >= 11 is 11.7. The summed E-state index contributed by atoms with van der Waals surface area (Å²) in [4.78, 5) is 34.9. The van der Waals surface area contributed by atoms with Gasteiger partial charge in [-0.25, -0.2) is 9.59 Å². The number of hydrogen-bond donors (Lipinski definition) is 0. The SMILES string of the molecule is CCOC(=O)C(OC(=O)COc1ccc(Cl)cc1Cl)/C(C)=C/COC(C)=O. The topological polar surface area (TPSA) is 88.1 Å². The largest absolute Gasteiger partial charge is 0.480 e. The molecule has 1 aromatic carbocycles. The van der Waals surface area contributed by atoms with Crippen LogP contribution in [0.3, 0.4) is 0 Å². The van der Waals surface area contributed by atoms with Gasteiger partial charge in [0, 0.05) is 11.9 Å². The van der Waals surface area contributed by atoms with E-state index >= 15 is 0 Å². The zero-order valence-corrected chi connectivity index (χ0v) is 16.6. The van der Waals surface area contributed by atoms with Gasteiger partial charge in [0.05, 0.1) is 11.6 Å². The number of benzene rings is 1. The van der Waals surface area contributed by atoms with Gasteiger partial charge in [0.1, 0.15) is 12.4 Å². The molecule has 0 aromatic heterocycles. The smallest absolute Gasteiger partial charge is 0.351 e. The zero-order chi connectivity index (χ0) is 20.4. The van der Waals surface area contributed by atoms with Crippen LogP contribution in [-0.2, 0) is 28.6 Å². The fourth-order valence-electron chi connectivity index (χ4n) is 1.84. The summed E-state index contributed by atoms with van der Waals surface area (Å²) in [5.74, 6) is -1.78. The molecule has 0 spiro atoms. The van der Waals surface area contributed by atoms with Gasteiger partial charge in [-0.05, 0) is 43.7 Å². The first kappa shape index (κ1) is 22.8. The third-order valence-corrected chi connectivity index (χ3v) is 3.63. The molecule has 7 nitrogen and oxygen atoms in total. The van der Waals surface area contributed by atoms with Crippen molar-refractivity contribution in [3.8, 4) is 5.75 Å². The van der Waals surface area contributed by atoms with Crippen LogP contribution in [-0.4, -0.2) is 43.8 Å². The predicted molar refractivity (Wildman–Crippen MR) is 98.9 cm³/mol. The minimum absolute atomic E-state index is 0.0640. The van der Waals surface area contributed by atoms with E-state index in [0.717, 1.165) is 0 Å². The van der Waals surface area contributed by atoms with Crippen LogP contribution in [0.15, 0.2) is 29.8 Å². The summed E-state index contributed by atoms with van der Waals surface area (Å²) in [5.41, 5.74) is 0.354. The van der Waals surface area contributed by atoms with Crippen molar-refractivity contribution in [1.82, 2.24) is 0 Å². The fraction of sp³-hybridized carbons (Fsp3) is 0.389. The lowest BCUT2D eigenvalue weighted by atomic mass is 10.1. The maximum Gasteiger partial charge on any atom is 0.351 e. The van der Waals surface area contributed by atoms with Crippen molar-refractivity contribution in [3.63, 3.8) is 0 Å². The van der Waals surface area contributed by atoms with E-state index in [1.54, 1.807) is 19.9 Å². The van der Waals surface area contributed by atoms with Crippen molar-refractivity contribution in [2.75, 3.05) is 19.8 Å². The Bertz CT molecular complexity index is 716. The van der Waals surface area contributed by atoms with Crippen molar-refractivity contribution in [3.05, 3.63) is 39.9 Å². The van der Waals surface area contributed by atoms with Crippen LogP contribution in [0.5, 0.6) is 5.75 Å². The quantitative estimate of drug-likeness (QED) is 0.345. The summed E-state index contributed by atoms with van der Waals surface area (Å²) in [7, 11) is 0. The van der Waals surface area contributed by atoms with E-state index in [4.69, 9.17) is 42.1 Å². The van der Waals surface area contributed by atoms with Crippen molar-refractivity contribution >= 4 is 41.1 Å². The van der Waals surface area contributed by atoms with Gasteiger partial charge in [0.15, 0.2) is 6.61 Å². The molecular formula is C18H20Cl2O7. The molecule has 148 valence electrons. The van der Waals surface area contributed by atoms with E-state index < -0.39 is 30.6 Å². The summed E-state index contributed by atoms with van der Waals surface area (Å²) in [6.07, 6.45) is 0.171. The second-order valence-corrected chi connectivity index (χ2v) is 6.08. The maximum absolute atomic E-state index is 12.1. The molecule has 0 aliphatic heterocycles. The summed E-state index contributed by atoms with van der Waals surface area (Å²) in [6.45, 7) is 4.00. The van der Waals surface area contributed by atoms with E-state index in [-0.39, 0.29) is 24.0 Å². The zero-order valence-electron chi connectivity index (χ0n) is 15.1. The van der Waals surface area contributed by atoms with Gasteiger partial charge in [0.2, 0.25) is 6.10 Å². The monoisotopic (exact) mass is 418 g/mol. The number of hydrogen-bond acceptors (Lipinski definition) is 7. The third kappa shape index (κ3) is 8.32. The highest BCUT2D eigenvalue weighted by Crippen LogP contribution is 2.27. The van der Waals surface area contributed by atoms with Gasteiger partial charge >= 0.3 is 17.9 Å². The Balaban J connectivity index is 2.74. The van der Waals surface area contributed by atoms with Crippen molar-refractivity contribution in [1.29, 1.82) is 0 Å². The van der Waals surface area contributed by atoms with Crippen LogP contribution < -0.4 is 4.74 Å². The number of rotatable bonds is 9. The van der Waals surface area contributed by atoms with E-state index in [1.807, 2.05) is 0 Å². The lowest BCUT2D eigenvalue weighted by molar-refractivity contribution is -0.166. The molecule has 0 N–H and O–H groups in total. The highest BCUT2D eigenvalue weighted by Gasteiger charge is 2.26. The second kappa shape index (κ2) is 11.5. The van der Waals surface area contributed by atoms with Crippen LogP contribution in [0.25, 0.3) is 0 Å². The maximum atomic E-state index is 12.1. The minimum atomic E-state index is -1.28. The number of halogens is 2. The average Bonchev–Trinajstić information content (AvgIpc) is 2.58. The normalized spacial score (nSPS) is 12.1. The first-order valence-corrected chi connectivity index (χ1v) is 8.74. The van der Waals surface area contributed by atoms with Gasteiger partial charge in [0.25, 0.3) is 0 Å². The molecule has 27 heavy (non-hydrogen) atoms. The van der Waals surface area contributed by atoms with Gasteiger partial charge < -0.3 is 18.9 Å². The molecule has 0 aliphatic carbocycles. The van der Waals surface area contributed by atoms with Gasteiger partial charge in [-0.1, -0.05) is 23.2 Å². The molecule has 1 atom stereocenters. The molecule has 0 saturated carbocycles. The van der Waals surface area contributed by atoms with Crippen LogP contribution in [0, 0.1) is 0 Å². The molecule has 1 aromatic rings. The van der Waals surface area contributed by atoms with Crippen LogP contribution >= 0.6 is 23.2 Å². The summed E-state index contributed by atoms with van der Waals surface area (Å²) in [6, 6.07) is 4.52. The molecule has 0 bridgehead atoms. The van der Waals surface area contributed by atoms with E-state index in [2.05, 4.69) is 0 Å². The summed E-state index contributed by atoms with van der Waals surface area (Å²) < 4.78 is 20.1. The Morgan fingerprint density at radius 2 is 1.85 bits per heavy atom. The molecule has 9 heteroatoms. The molecule has 1 unspecified atom stereocenters. The minimum Gasteiger partial charge on any atom is -0.480 e. The number of ether oxygens (including phenoxy) is 4. The molecule has 0 aliphatic rings. The van der Waals surface area contributed by atoms with Crippen LogP contribution in [0.2, 0.25) is 10.0 Å². The molecule has 0 fully saturated rings. The number of esters is 3. The summed E-state index contributed by atoms with van der Waals surface area (Å²) in [5, 5.41) is 0.653. The standard InChI is InChI=1S/C18H20Cl2O7/c1-4-24-18(23)17(11(2)7-8-25-12(3)21)27-16(22)10-26-15-6-5-13(19)9-14(15)20/h5-7,9,17H,4,8,10H2,1-3H3/b11-7+. The van der Waals surface area contributed by atoms with Crippen LogP contribution in [0.4, 0.5) is 0 Å². The lowest BCUT2D eigenvalue weighted by Gasteiger charge is -2.17. The van der Waals surface area contributed by atoms with Crippen molar-refractivity contribution in [2.45, 2.75) is 26.9 Å². The second-order valence-electron chi connectivity index (χ2n) is 5.24. The Kier molecular flexibility index (Phi) is 9.67. The van der Waals surface area contributed by atoms with Crippen molar-refractivity contribution < 1.29 is 33.3 Å². The average molecular weight is 419 g/mol. The Hall–Kier alpha value is -2.25. The molecule has 0 saturated heterocycles. The van der Waals surface area contributed by atoms with E-state index in [0.29, 0.717) is 10.6 Å².